The summed E-state index contributed by atoms with van der Waals surface area (Å²) in [5.74, 6) is 1.22. The van der Waals surface area contributed by atoms with Gasteiger partial charge in [-0.3, -0.25) is 4.79 Å². The number of benzene rings is 2. The molecule has 2 heterocycles. The van der Waals surface area contributed by atoms with E-state index >= 15 is 0 Å². The van der Waals surface area contributed by atoms with Gasteiger partial charge in [-0.2, -0.15) is 0 Å². The second kappa shape index (κ2) is 7.98. The van der Waals surface area contributed by atoms with E-state index in [-0.39, 0.29) is 5.91 Å². The summed E-state index contributed by atoms with van der Waals surface area (Å²) >= 11 is 0. The van der Waals surface area contributed by atoms with E-state index in [4.69, 9.17) is 4.42 Å². The number of likely N-dealkylation sites (tertiary alicyclic amines) is 1. The highest BCUT2D eigenvalue weighted by molar-refractivity contribution is 6.00. The van der Waals surface area contributed by atoms with Crippen molar-refractivity contribution in [2.24, 2.45) is 0 Å². The topological polar surface area (TPSA) is 58.4 Å². The Hall–Kier alpha value is -2.92. The number of hydrogen-bond acceptors (Lipinski definition) is 4. The van der Waals surface area contributed by atoms with Crippen LogP contribution in [0.25, 0.3) is 22.8 Å². The first-order valence-corrected chi connectivity index (χ1v) is 9.74. The number of rotatable bonds is 4. The molecule has 4 rings (SSSR count). The summed E-state index contributed by atoms with van der Waals surface area (Å²) in [6.45, 7) is 3.58. The first kappa shape index (κ1) is 18.4. The average Bonchev–Trinajstić information content (AvgIpc) is 3.24. The summed E-state index contributed by atoms with van der Waals surface area (Å²) < 4.78 is 6.02. The van der Waals surface area contributed by atoms with Crippen LogP contribution in [0.3, 0.4) is 0 Å². The van der Waals surface area contributed by atoms with Gasteiger partial charge in [0.2, 0.25) is 5.89 Å². The van der Waals surface area contributed by atoms with Gasteiger partial charge in [0.15, 0.2) is 5.76 Å². The van der Waals surface area contributed by atoms with Gasteiger partial charge >= 0.3 is 0 Å². The van der Waals surface area contributed by atoms with E-state index < -0.39 is 0 Å². The predicted molar refractivity (Wildman–Crippen MR) is 110 cm³/mol. The minimum atomic E-state index is 0.0419. The molecule has 0 spiro atoms. The molecule has 3 aromatic rings. The van der Waals surface area contributed by atoms with E-state index in [1.807, 2.05) is 60.5 Å². The molecule has 5 nitrogen and oxygen atoms in total. The smallest absolute Gasteiger partial charge is 0.254 e. The van der Waals surface area contributed by atoms with Crippen LogP contribution in [0.2, 0.25) is 0 Å². The number of carbonyl (C=O) groups is 1. The van der Waals surface area contributed by atoms with Gasteiger partial charge in [-0.25, -0.2) is 4.98 Å². The Morgan fingerprint density at radius 3 is 2.54 bits per heavy atom. The van der Waals surface area contributed by atoms with Crippen LogP contribution in [0.5, 0.6) is 0 Å². The third-order valence-electron chi connectivity index (χ3n) is 5.42. The largest absolute Gasteiger partial charge is 0.436 e. The van der Waals surface area contributed by atoms with E-state index in [0.29, 0.717) is 23.3 Å². The number of piperidine rings is 1. The van der Waals surface area contributed by atoms with Crippen molar-refractivity contribution in [1.29, 1.82) is 0 Å². The number of hydrogen-bond donors (Lipinski definition) is 1. The van der Waals surface area contributed by atoms with Crippen molar-refractivity contribution in [3.63, 3.8) is 0 Å². The van der Waals surface area contributed by atoms with Crippen molar-refractivity contribution in [2.45, 2.75) is 25.8 Å². The number of amides is 1. The second-order valence-electron chi connectivity index (χ2n) is 7.30. The monoisotopic (exact) mass is 375 g/mol. The van der Waals surface area contributed by atoms with Crippen molar-refractivity contribution >= 4 is 5.91 Å². The molecule has 0 saturated carbocycles. The van der Waals surface area contributed by atoms with E-state index in [0.717, 1.165) is 37.1 Å². The van der Waals surface area contributed by atoms with E-state index in [1.54, 1.807) is 6.20 Å². The van der Waals surface area contributed by atoms with Crippen LogP contribution in [0, 0.1) is 6.92 Å². The molecule has 1 amide bonds. The first-order chi connectivity index (χ1) is 13.7. The number of carbonyl (C=O) groups excluding carboxylic acids is 1. The van der Waals surface area contributed by atoms with Gasteiger partial charge in [0.05, 0.1) is 11.8 Å². The quantitative estimate of drug-likeness (QED) is 0.745. The molecule has 0 aliphatic carbocycles. The summed E-state index contributed by atoms with van der Waals surface area (Å²) in [5, 5.41) is 3.30. The van der Waals surface area contributed by atoms with Gasteiger partial charge < -0.3 is 14.6 Å². The average molecular weight is 375 g/mol. The molecule has 0 unspecified atom stereocenters. The van der Waals surface area contributed by atoms with Gasteiger partial charge in [0.25, 0.3) is 5.91 Å². The van der Waals surface area contributed by atoms with Crippen LogP contribution in [0.1, 0.15) is 28.8 Å². The standard InChI is InChI=1S/C23H25N3O2/c1-16-7-9-17(10-8-16)21-15-25-22(28-21)19-5-3-4-6-20(19)23(27)26-13-11-18(24-2)12-14-26/h3-10,15,18,24H,11-14H2,1-2H3. The summed E-state index contributed by atoms with van der Waals surface area (Å²) in [5.41, 5.74) is 3.55. The summed E-state index contributed by atoms with van der Waals surface area (Å²) in [7, 11) is 1.98. The van der Waals surface area contributed by atoms with Crippen molar-refractivity contribution in [1.82, 2.24) is 15.2 Å². The van der Waals surface area contributed by atoms with Crippen LogP contribution in [0.4, 0.5) is 0 Å². The zero-order valence-corrected chi connectivity index (χ0v) is 16.3. The molecule has 1 N–H and O–H groups in total. The van der Waals surface area contributed by atoms with Gasteiger partial charge in [-0.1, -0.05) is 42.0 Å². The number of aromatic nitrogens is 1. The highest BCUT2D eigenvalue weighted by atomic mass is 16.4. The molecule has 0 radical (unpaired) electrons. The Balaban J connectivity index is 1.60. The Morgan fingerprint density at radius 2 is 1.82 bits per heavy atom. The lowest BCUT2D eigenvalue weighted by molar-refractivity contribution is 0.0708. The highest BCUT2D eigenvalue weighted by Crippen LogP contribution is 2.29. The number of aryl methyl sites for hydroxylation is 1. The summed E-state index contributed by atoms with van der Waals surface area (Å²) in [4.78, 5) is 19.5. The highest BCUT2D eigenvalue weighted by Gasteiger charge is 2.25. The molecule has 1 fully saturated rings. The normalized spacial score (nSPS) is 15.0. The Kier molecular flexibility index (Phi) is 5.26. The Bertz CT molecular complexity index is 954. The minimum absolute atomic E-state index is 0.0419. The van der Waals surface area contributed by atoms with Crippen molar-refractivity contribution in [3.05, 3.63) is 65.9 Å². The zero-order chi connectivity index (χ0) is 19.5. The van der Waals surface area contributed by atoms with Crippen molar-refractivity contribution in [2.75, 3.05) is 20.1 Å². The molecular formula is C23H25N3O2. The van der Waals surface area contributed by atoms with Gasteiger partial charge in [0.1, 0.15) is 0 Å². The van der Waals surface area contributed by atoms with E-state index in [9.17, 15) is 4.79 Å². The van der Waals surface area contributed by atoms with Crippen LogP contribution >= 0.6 is 0 Å². The van der Waals surface area contributed by atoms with Gasteiger partial charge in [-0.15, -0.1) is 0 Å². The van der Waals surface area contributed by atoms with E-state index in [2.05, 4.69) is 17.2 Å². The van der Waals surface area contributed by atoms with Crippen LogP contribution in [-0.2, 0) is 0 Å². The summed E-state index contributed by atoms with van der Waals surface area (Å²) in [6.07, 6.45) is 3.67. The minimum Gasteiger partial charge on any atom is -0.436 e. The molecule has 28 heavy (non-hydrogen) atoms. The fourth-order valence-corrected chi connectivity index (χ4v) is 3.65. The molecule has 1 aliphatic heterocycles. The molecule has 5 heteroatoms. The number of nitrogens with one attached hydrogen (secondary N) is 1. The third kappa shape index (κ3) is 3.71. The fourth-order valence-electron chi connectivity index (χ4n) is 3.65. The SMILES string of the molecule is CNC1CCN(C(=O)c2ccccc2-c2ncc(-c3ccc(C)cc3)o2)CC1. The maximum absolute atomic E-state index is 13.1. The fraction of sp³-hybridized carbons (Fsp3) is 0.304. The first-order valence-electron chi connectivity index (χ1n) is 9.74. The third-order valence-corrected chi connectivity index (χ3v) is 5.42. The zero-order valence-electron chi connectivity index (χ0n) is 16.3. The van der Waals surface area contributed by atoms with Crippen molar-refractivity contribution in [3.8, 4) is 22.8 Å². The molecule has 0 bridgehead atoms. The molecule has 1 aromatic heterocycles. The number of oxazole rings is 1. The van der Waals surface area contributed by atoms with E-state index in [1.165, 1.54) is 5.56 Å². The van der Waals surface area contributed by atoms with Crippen LogP contribution in [0.15, 0.2) is 59.1 Å². The van der Waals surface area contributed by atoms with Crippen LogP contribution in [-0.4, -0.2) is 42.0 Å². The Morgan fingerprint density at radius 1 is 1.11 bits per heavy atom. The number of nitrogens with zero attached hydrogens (tertiary/aromatic N) is 2. The lowest BCUT2D eigenvalue weighted by Gasteiger charge is -2.32. The molecular weight excluding hydrogens is 350 g/mol. The van der Waals surface area contributed by atoms with Crippen molar-refractivity contribution < 1.29 is 9.21 Å². The Labute approximate surface area is 165 Å². The molecule has 0 atom stereocenters. The molecule has 2 aromatic carbocycles. The predicted octanol–water partition coefficient (Wildman–Crippen LogP) is 4.14. The summed E-state index contributed by atoms with van der Waals surface area (Å²) in [6, 6.07) is 16.2. The maximum atomic E-state index is 13.1. The van der Waals surface area contributed by atoms with Gasteiger partial charge in [-0.05, 0) is 38.9 Å². The lowest BCUT2D eigenvalue weighted by Crippen LogP contribution is -2.44. The lowest BCUT2D eigenvalue weighted by atomic mass is 10.0. The molecule has 144 valence electrons. The molecule has 1 saturated heterocycles. The second-order valence-corrected chi connectivity index (χ2v) is 7.30. The van der Waals surface area contributed by atoms with Crippen LogP contribution < -0.4 is 5.32 Å². The van der Waals surface area contributed by atoms with Gasteiger partial charge in [0, 0.05) is 30.3 Å². The maximum Gasteiger partial charge on any atom is 0.254 e. The molecule has 1 aliphatic rings.